The molecule has 26 heavy (non-hydrogen) atoms. The summed E-state index contributed by atoms with van der Waals surface area (Å²) in [6.45, 7) is 1.96. The predicted molar refractivity (Wildman–Crippen MR) is 115 cm³/mol. The molecular weight excluding hydrogens is 533 g/mol. The van der Waals surface area contributed by atoms with E-state index in [1.165, 1.54) is 7.11 Å². The van der Waals surface area contributed by atoms with Gasteiger partial charge in [-0.3, -0.25) is 25.8 Å². The third-order valence-electron chi connectivity index (χ3n) is 3.36. The van der Waals surface area contributed by atoms with Gasteiger partial charge >= 0.3 is 0 Å². The molecule has 0 heterocycles. The maximum Gasteiger partial charge on any atom is 0.269 e. The highest BCUT2D eigenvalue weighted by Gasteiger charge is 2.12. The number of carbonyl (C=O) groups is 2. The van der Waals surface area contributed by atoms with Crippen molar-refractivity contribution >= 4 is 67.7 Å². The number of hydrogen-bond donors (Lipinski definition) is 3. The maximum atomic E-state index is 12.2. The molecule has 0 bridgehead atoms. The first-order valence-electron chi connectivity index (χ1n) is 7.33. The zero-order chi connectivity index (χ0) is 19.3. The van der Waals surface area contributed by atoms with E-state index in [0.29, 0.717) is 21.3 Å². The molecule has 0 aliphatic heterocycles. The molecule has 0 radical (unpaired) electrons. The quantitative estimate of drug-likeness (QED) is 0.312. The monoisotopic (exact) mass is 547 g/mol. The summed E-state index contributed by atoms with van der Waals surface area (Å²) < 4.78 is 6.75. The van der Waals surface area contributed by atoms with Crippen molar-refractivity contribution in [2.45, 2.75) is 6.92 Å². The Kier molecular flexibility index (Phi) is 7.35. The molecular formula is C17H15BrIN3O3S. The molecule has 3 N–H and O–H groups in total. The largest absolute Gasteiger partial charge is 0.496 e. The molecule has 0 aliphatic carbocycles. The standard InChI is InChI=1S/C17H15BrIN3O3S/c1-9-3-4-11(8-13(9)19)15(23)20-17(26)22-21-16(24)10-5-6-14(25-2)12(18)7-10/h3-8H,1-2H3,(H,21,24)(H2,20,22,23,26). The third-order valence-corrected chi connectivity index (χ3v) is 5.35. The normalized spacial score (nSPS) is 10.0. The third kappa shape index (κ3) is 5.39. The number of methoxy groups -OCH3 is 1. The summed E-state index contributed by atoms with van der Waals surface area (Å²) >= 11 is 10.5. The lowest BCUT2D eigenvalue weighted by Crippen LogP contribution is -2.48. The summed E-state index contributed by atoms with van der Waals surface area (Å²) in [6.07, 6.45) is 0. The Balaban J connectivity index is 1.91. The highest BCUT2D eigenvalue weighted by atomic mass is 127. The molecule has 0 saturated carbocycles. The number of thiocarbonyl (C=S) groups is 1. The second kappa shape index (κ2) is 9.28. The molecule has 9 heteroatoms. The minimum atomic E-state index is -0.408. The predicted octanol–water partition coefficient (Wildman–Crippen LogP) is 3.32. The van der Waals surface area contributed by atoms with Crippen LogP contribution in [0.5, 0.6) is 5.75 Å². The second-order valence-corrected chi connectivity index (χ2v) is 7.60. The van der Waals surface area contributed by atoms with E-state index < -0.39 is 5.91 Å². The molecule has 0 fully saturated rings. The Labute approximate surface area is 178 Å². The molecule has 2 amide bonds. The first-order valence-corrected chi connectivity index (χ1v) is 9.61. The zero-order valence-corrected chi connectivity index (χ0v) is 18.4. The van der Waals surface area contributed by atoms with E-state index in [1.54, 1.807) is 30.3 Å². The fraction of sp³-hybridized carbons (Fsp3) is 0.118. The number of rotatable bonds is 3. The van der Waals surface area contributed by atoms with E-state index in [9.17, 15) is 9.59 Å². The first-order chi connectivity index (χ1) is 12.3. The van der Waals surface area contributed by atoms with Gasteiger partial charge in [0.1, 0.15) is 5.75 Å². The minimum absolute atomic E-state index is 0.00786. The van der Waals surface area contributed by atoms with Gasteiger partial charge in [0.25, 0.3) is 11.8 Å². The van der Waals surface area contributed by atoms with E-state index in [1.807, 2.05) is 13.0 Å². The van der Waals surface area contributed by atoms with Gasteiger partial charge in [-0.25, -0.2) is 0 Å². The molecule has 2 aromatic rings. The van der Waals surface area contributed by atoms with E-state index in [-0.39, 0.29) is 11.0 Å². The summed E-state index contributed by atoms with van der Waals surface area (Å²) in [5.41, 5.74) is 6.90. The van der Waals surface area contributed by atoms with Gasteiger partial charge in [0, 0.05) is 14.7 Å². The van der Waals surface area contributed by atoms with Crippen LogP contribution >= 0.6 is 50.7 Å². The lowest BCUT2D eigenvalue weighted by molar-refractivity contribution is 0.0934. The van der Waals surface area contributed by atoms with Crippen molar-refractivity contribution in [1.82, 2.24) is 16.2 Å². The maximum absolute atomic E-state index is 12.2. The number of hydrazine groups is 1. The molecule has 136 valence electrons. The molecule has 0 aromatic heterocycles. The smallest absolute Gasteiger partial charge is 0.269 e. The number of halogens is 2. The van der Waals surface area contributed by atoms with Crippen LogP contribution in [-0.2, 0) is 0 Å². The number of ether oxygens (including phenoxy) is 1. The SMILES string of the molecule is COc1ccc(C(=O)NNC(=S)NC(=O)c2ccc(C)c(I)c2)cc1Br. The molecule has 0 atom stereocenters. The van der Waals surface area contributed by atoms with Gasteiger partial charge in [0.2, 0.25) is 0 Å². The van der Waals surface area contributed by atoms with Crippen LogP contribution in [0.2, 0.25) is 0 Å². The lowest BCUT2D eigenvalue weighted by atomic mass is 10.1. The van der Waals surface area contributed by atoms with Crippen molar-refractivity contribution < 1.29 is 14.3 Å². The Morgan fingerprint density at radius 3 is 2.35 bits per heavy atom. The molecule has 0 unspecified atom stereocenters. The van der Waals surface area contributed by atoms with Crippen molar-refractivity contribution in [2.75, 3.05) is 7.11 Å². The Morgan fingerprint density at radius 1 is 1.08 bits per heavy atom. The van der Waals surface area contributed by atoms with Crippen molar-refractivity contribution in [3.63, 3.8) is 0 Å². The van der Waals surface area contributed by atoms with Crippen molar-refractivity contribution in [2.24, 2.45) is 0 Å². The van der Waals surface area contributed by atoms with Gasteiger partial charge in [-0.15, -0.1) is 0 Å². The van der Waals surface area contributed by atoms with Crippen LogP contribution in [0.3, 0.4) is 0 Å². The molecule has 2 rings (SSSR count). The second-order valence-electron chi connectivity index (χ2n) is 5.18. The number of aryl methyl sites for hydroxylation is 1. The number of hydrogen-bond acceptors (Lipinski definition) is 4. The minimum Gasteiger partial charge on any atom is -0.496 e. The molecule has 6 nitrogen and oxygen atoms in total. The number of amides is 2. The van der Waals surface area contributed by atoms with Crippen LogP contribution in [0.15, 0.2) is 40.9 Å². The summed E-state index contributed by atoms with van der Waals surface area (Å²) in [5.74, 6) is -0.151. The lowest BCUT2D eigenvalue weighted by Gasteiger charge is -2.12. The van der Waals surface area contributed by atoms with Crippen LogP contribution in [0.25, 0.3) is 0 Å². The average Bonchev–Trinajstić information content (AvgIpc) is 2.61. The highest BCUT2D eigenvalue weighted by Crippen LogP contribution is 2.25. The number of benzene rings is 2. The van der Waals surface area contributed by atoms with E-state index in [2.05, 4.69) is 54.7 Å². The number of carbonyl (C=O) groups excluding carboxylic acids is 2. The van der Waals surface area contributed by atoms with Gasteiger partial charge < -0.3 is 4.74 Å². The van der Waals surface area contributed by atoms with Crippen molar-refractivity contribution in [1.29, 1.82) is 0 Å². The zero-order valence-electron chi connectivity index (χ0n) is 13.9. The van der Waals surface area contributed by atoms with E-state index in [4.69, 9.17) is 17.0 Å². The Hall–Kier alpha value is -1.72. The highest BCUT2D eigenvalue weighted by molar-refractivity contribution is 14.1. The van der Waals surface area contributed by atoms with Crippen molar-refractivity contribution in [3.05, 3.63) is 61.1 Å². The van der Waals surface area contributed by atoms with Gasteiger partial charge in [0.15, 0.2) is 5.11 Å². The van der Waals surface area contributed by atoms with E-state index in [0.717, 1.165) is 9.13 Å². The Morgan fingerprint density at radius 2 is 1.73 bits per heavy atom. The molecule has 0 aliphatic rings. The van der Waals surface area contributed by atoms with Crippen LogP contribution in [-0.4, -0.2) is 24.0 Å². The fourth-order valence-electron chi connectivity index (χ4n) is 1.93. The van der Waals surface area contributed by atoms with Crippen LogP contribution < -0.4 is 20.9 Å². The van der Waals surface area contributed by atoms with Crippen LogP contribution in [0.4, 0.5) is 0 Å². The van der Waals surface area contributed by atoms with Crippen molar-refractivity contribution in [3.8, 4) is 5.75 Å². The molecule has 0 saturated heterocycles. The topological polar surface area (TPSA) is 79.5 Å². The van der Waals surface area contributed by atoms with Gasteiger partial charge in [0.05, 0.1) is 11.6 Å². The average molecular weight is 548 g/mol. The molecule has 0 spiro atoms. The molecule has 2 aromatic carbocycles. The van der Waals surface area contributed by atoms with Gasteiger partial charge in [-0.2, -0.15) is 0 Å². The summed E-state index contributed by atoms with van der Waals surface area (Å²) in [5, 5.41) is 2.51. The van der Waals surface area contributed by atoms with Crippen LogP contribution in [0.1, 0.15) is 26.3 Å². The summed E-state index contributed by atoms with van der Waals surface area (Å²) in [6, 6.07) is 10.2. The summed E-state index contributed by atoms with van der Waals surface area (Å²) in [7, 11) is 1.54. The first kappa shape index (κ1) is 20.6. The van der Waals surface area contributed by atoms with Gasteiger partial charge in [-0.1, -0.05) is 6.07 Å². The Bertz CT molecular complexity index is 876. The summed E-state index contributed by atoms with van der Waals surface area (Å²) in [4.78, 5) is 24.3. The fourth-order valence-corrected chi connectivity index (χ4v) is 3.13. The van der Waals surface area contributed by atoms with Crippen LogP contribution in [0, 0.1) is 10.5 Å². The number of nitrogens with one attached hydrogen (secondary N) is 3. The van der Waals surface area contributed by atoms with E-state index >= 15 is 0 Å². The van der Waals surface area contributed by atoms with Gasteiger partial charge in [-0.05, 0) is 93.6 Å².